The number of quaternary nitrogens is 1. The molecule has 0 spiro atoms. The molecule has 0 aliphatic heterocycles. The molecule has 0 bridgehead atoms. The Bertz CT molecular complexity index is 1410. The molecular weight excluding hydrogens is 940 g/mol. The molecule has 0 aliphatic carbocycles. The molecule has 0 saturated carbocycles. The molecule has 10 heteroatoms. The summed E-state index contributed by atoms with van der Waals surface area (Å²) in [5, 5.41) is 3.06. The number of rotatable bonds is 57. The minimum Gasteiger partial charge on any atom is -0.456 e. The van der Waals surface area contributed by atoms with Crippen molar-refractivity contribution in [2.24, 2.45) is 0 Å². The van der Waals surface area contributed by atoms with Crippen LogP contribution in [0.1, 0.15) is 297 Å². The lowest BCUT2D eigenvalue weighted by atomic mass is 10.0. The van der Waals surface area contributed by atoms with Gasteiger partial charge in [-0.1, -0.05) is 282 Å². The highest BCUT2D eigenvalue weighted by Gasteiger charge is 2.30. The number of esters is 1. The zero-order valence-corrected chi connectivity index (χ0v) is 50.5. The summed E-state index contributed by atoms with van der Waals surface area (Å²) >= 11 is 0. The van der Waals surface area contributed by atoms with Gasteiger partial charge in [-0.15, -0.1) is 0 Å². The van der Waals surface area contributed by atoms with Gasteiger partial charge in [-0.3, -0.25) is 18.6 Å². The summed E-state index contributed by atoms with van der Waals surface area (Å²) in [6.07, 6.45) is 66.9. The van der Waals surface area contributed by atoms with Crippen LogP contribution in [-0.2, 0) is 27.9 Å². The van der Waals surface area contributed by atoms with Crippen molar-refractivity contribution >= 4 is 19.7 Å². The fourth-order valence-electron chi connectivity index (χ4n) is 9.24. The molecule has 0 aliphatic rings. The van der Waals surface area contributed by atoms with Gasteiger partial charge in [0.05, 0.1) is 33.8 Å². The predicted molar refractivity (Wildman–Crippen MR) is 319 cm³/mol. The van der Waals surface area contributed by atoms with Crippen LogP contribution in [0.5, 0.6) is 0 Å². The monoisotopic (exact) mass is 1060 g/mol. The quantitative estimate of drug-likeness (QED) is 0.0156. The maximum atomic E-state index is 13.5. The van der Waals surface area contributed by atoms with E-state index in [1.807, 2.05) is 33.3 Å². The maximum absolute atomic E-state index is 13.5. The Morgan fingerprint density at radius 3 is 1.28 bits per heavy atom. The summed E-state index contributed by atoms with van der Waals surface area (Å²) in [5.41, 5.74) is 0. The Morgan fingerprint density at radius 1 is 0.486 bits per heavy atom. The molecule has 2 N–H and O–H groups in total. The van der Waals surface area contributed by atoms with Gasteiger partial charge in [-0.2, -0.15) is 0 Å². The molecule has 0 rings (SSSR count). The van der Waals surface area contributed by atoms with Crippen molar-refractivity contribution in [1.82, 2.24) is 5.32 Å². The molecule has 0 saturated heterocycles. The molecule has 3 unspecified atom stereocenters. The van der Waals surface area contributed by atoms with E-state index in [0.29, 0.717) is 17.4 Å². The Morgan fingerprint density at radius 2 is 0.865 bits per heavy atom. The van der Waals surface area contributed by atoms with Crippen LogP contribution < -0.4 is 5.32 Å². The molecule has 0 aromatic heterocycles. The number of nitrogens with zero attached hydrogens (tertiary/aromatic N) is 1. The van der Waals surface area contributed by atoms with Gasteiger partial charge in [-0.25, -0.2) is 4.57 Å². The van der Waals surface area contributed by atoms with Crippen LogP contribution in [0, 0.1) is 0 Å². The van der Waals surface area contributed by atoms with E-state index in [1.165, 1.54) is 180 Å². The largest absolute Gasteiger partial charge is 0.472 e. The van der Waals surface area contributed by atoms with E-state index in [4.69, 9.17) is 13.8 Å². The van der Waals surface area contributed by atoms with Crippen molar-refractivity contribution in [2.45, 2.75) is 309 Å². The number of allylic oxidation sites excluding steroid dienone is 7. The van der Waals surface area contributed by atoms with E-state index >= 15 is 0 Å². The molecule has 0 heterocycles. The highest BCUT2D eigenvalue weighted by molar-refractivity contribution is 7.47. The van der Waals surface area contributed by atoms with E-state index in [-0.39, 0.29) is 31.5 Å². The zero-order chi connectivity index (χ0) is 54.3. The van der Waals surface area contributed by atoms with Gasteiger partial charge in [0.1, 0.15) is 19.3 Å². The van der Waals surface area contributed by atoms with Crippen LogP contribution >= 0.6 is 7.82 Å². The Kier molecular flexibility index (Phi) is 52.8. The minimum absolute atomic E-state index is 0.0377. The molecule has 0 aromatic rings. The molecule has 0 radical (unpaired) electrons. The smallest absolute Gasteiger partial charge is 0.456 e. The van der Waals surface area contributed by atoms with Gasteiger partial charge >= 0.3 is 13.8 Å². The van der Waals surface area contributed by atoms with Gasteiger partial charge in [0, 0.05) is 12.8 Å². The lowest BCUT2D eigenvalue weighted by molar-refractivity contribution is -0.870. The van der Waals surface area contributed by atoms with Crippen molar-refractivity contribution in [3.05, 3.63) is 48.6 Å². The number of carbonyl (C=O) groups excluding carboxylic acids is 2. The molecule has 9 nitrogen and oxygen atoms in total. The summed E-state index contributed by atoms with van der Waals surface area (Å²) in [5.74, 6) is -0.518. The van der Waals surface area contributed by atoms with Crippen LogP contribution in [0.15, 0.2) is 48.6 Å². The van der Waals surface area contributed by atoms with E-state index < -0.39 is 20.0 Å². The first-order valence-electron chi connectivity index (χ1n) is 31.5. The molecule has 434 valence electrons. The van der Waals surface area contributed by atoms with E-state index in [1.54, 1.807) is 0 Å². The van der Waals surface area contributed by atoms with Crippen molar-refractivity contribution < 1.29 is 37.3 Å². The average Bonchev–Trinajstić information content (AvgIpc) is 3.36. The lowest BCUT2D eigenvalue weighted by Gasteiger charge is -2.27. The minimum atomic E-state index is -4.45. The summed E-state index contributed by atoms with van der Waals surface area (Å²) in [6, 6.07) is -0.854. The van der Waals surface area contributed by atoms with Crippen LogP contribution in [0.2, 0.25) is 0 Å². The molecule has 0 fully saturated rings. The molecule has 3 atom stereocenters. The summed E-state index contributed by atoms with van der Waals surface area (Å²) < 4.78 is 30.7. The molecular formula is C64H122N2O7P+. The van der Waals surface area contributed by atoms with Crippen LogP contribution in [0.25, 0.3) is 0 Å². The van der Waals surface area contributed by atoms with Crippen LogP contribution in [0.3, 0.4) is 0 Å². The first-order valence-corrected chi connectivity index (χ1v) is 33.0. The Hall–Kier alpha value is -2.03. The second kappa shape index (κ2) is 54.3. The maximum Gasteiger partial charge on any atom is 0.472 e. The number of phosphoric acid groups is 1. The van der Waals surface area contributed by atoms with Crippen molar-refractivity contribution in [1.29, 1.82) is 0 Å². The highest BCUT2D eigenvalue weighted by atomic mass is 31.2. The van der Waals surface area contributed by atoms with Gasteiger partial charge in [0.15, 0.2) is 0 Å². The first-order chi connectivity index (χ1) is 35.9. The number of hydrogen-bond acceptors (Lipinski definition) is 6. The number of unbranched alkanes of at least 4 members (excludes halogenated alkanes) is 37. The number of nitrogens with one attached hydrogen (secondary N) is 1. The fourth-order valence-corrected chi connectivity index (χ4v) is 9.97. The highest BCUT2D eigenvalue weighted by Crippen LogP contribution is 2.43. The van der Waals surface area contributed by atoms with Crippen LogP contribution in [0.4, 0.5) is 0 Å². The average molecular weight is 1060 g/mol. The van der Waals surface area contributed by atoms with Gasteiger partial charge in [-0.05, 0) is 51.0 Å². The molecule has 1 amide bonds. The first kappa shape index (κ1) is 72.0. The molecule has 0 aromatic carbocycles. The number of hydrogen-bond donors (Lipinski definition) is 2. The van der Waals surface area contributed by atoms with E-state index in [2.05, 4.69) is 62.5 Å². The second-order valence-corrected chi connectivity index (χ2v) is 24.1. The van der Waals surface area contributed by atoms with Gasteiger partial charge in [0.25, 0.3) is 0 Å². The number of amides is 1. The summed E-state index contributed by atoms with van der Waals surface area (Å²) in [7, 11) is 1.49. The van der Waals surface area contributed by atoms with Gasteiger partial charge < -0.3 is 19.4 Å². The predicted octanol–water partition coefficient (Wildman–Crippen LogP) is 19.3. The van der Waals surface area contributed by atoms with E-state index in [0.717, 1.165) is 83.5 Å². The van der Waals surface area contributed by atoms with Crippen LogP contribution in [-0.4, -0.2) is 74.3 Å². The standard InChI is InChI=1S/C64H121N2O7P/c1-7-10-13-16-19-22-25-28-29-30-31-32-33-34-35-36-37-39-41-44-47-50-53-56-63(67)65-61(60-72-74(69,70)71-59-58-66(4,5)6)62(55-52-49-46-43-40-27-24-21-18-15-12-9-3)73-64(68)57-54-51-48-45-42-38-26-23-20-17-14-11-8-2/h11,14,17,20,23,26,52,55,61-62H,7-10,12-13,15-16,18-19,21-22,24-25,27-51,53-54,56-60H2,1-6H3,(H-,65,67,69,70)/p+1/b14-11+,20-17+,26-23-,55-52-. The SMILES string of the molecule is CC/C=C/C=C/C=C\CCCCCCCC(=O)OC(/C=C\CCCCCCCCCCCC)C(COP(=O)(O)OCC[N+](C)(C)C)NC(=O)CCCCCCCCCCCCCCCCCCCCCCCCC. The number of ether oxygens (including phenoxy) is 1. The fraction of sp³-hybridized carbons (Fsp3) is 0.844. The van der Waals surface area contributed by atoms with Crippen molar-refractivity contribution in [3.63, 3.8) is 0 Å². The third kappa shape index (κ3) is 54.7. The summed E-state index contributed by atoms with van der Waals surface area (Å²) in [6.45, 7) is 6.89. The molecule has 74 heavy (non-hydrogen) atoms. The second-order valence-electron chi connectivity index (χ2n) is 22.6. The summed E-state index contributed by atoms with van der Waals surface area (Å²) in [4.78, 5) is 37.7. The topological polar surface area (TPSA) is 111 Å². The Labute approximate surface area is 458 Å². The number of phosphoric ester groups is 1. The Balaban J connectivity index is 5.12. The third-order valence-electron chi connectivity index (χ3n) is 14.1. The number of carbonyl (C=O) groups is 2. The van der Waals surface area contributed by atoms with E-state index in [9.17, 15) is 19.0 Å². The number of likely N-dealkylation sites (N-methyl/N-ethyl adjacent to an activating group) is 1. The van der Waals surface area contributed by atoms with Gasteiger partial charge in [0.2, 0.25) is 5.91 Å². The lowest BCUT2D eigenvalue weighted by Crippen LogP contribution is -2.47. The van der Waals surface area contributed by atoms with Crippen molar-refractivity contribution in [2.75, 3.05) is 40.9 Å². The van der Waals surface area contributed by atoms with Crippen molar-refractivity contribution in [3.8, 4) is 0 Å². The zero-order valence-electron chi connectivity index (χ0n) is 49.6. The third-order valence-corrected chi connectivity index (χ3v) is 15.1. The normalized spacial score (nSPS) is 14.0.